The van der Waals surface area contributed by atoms with Gasteiger partial charge >= 0.3 is 6.18 Å². The molecule has 0 radical (unpaired) electrons. The standard InChI is InChI=1S/C29H30ClF3N8O3/c1-38-22(20-14-41(16-3-4-16)37-24(20)29(31,32)33)13-35-25(38)26(42)36-15-2-5-17(21(30)10-15)27(43)39-6-8-40(9-7-39)28(44)23-18-11-34-12-19(18)23/h2,5,10,13-14,16,18-19,23,34H,3-4,6-9,11-12H2,1H3,(H,36,42). The molecular weight excluding hydrogens is 601 g/mol. The lowest BCUT2D eigenvalue weighted by molar-refractivity contribution is -0.141. The minimum Gasteiger partial charge on any atom is -0.339 e. The minimum absolute atomic E-state index is 0.0562. The predicted molar refractivity (Wildman–Crippen MR) is 153 cm³/mol. The number of fused-ring (bicyclic) bond motifs is 1. The highest BCUT2D eigenvalue weighted by Crippen LogP contribution is 2.49. The van der Waals surface area contributed by atoms with Crippen LogP contribution in [0.3, 0.4) is 0 Å². The second kappa shape index (κ2) is 10.6. The lowest BCUT2D eigenvalue weighted by Gasteiger charge is -2.35. The number of rotatable bonds is 6. The summed E-state index contributed by atoms with van der Waals surface area (Å²) in [5, 5.41) is 9.85. The van der Waals surface area contributed by atoms with Crippen molar-refractivity contribution in [1.82, 2.24) is 34.4 Å². The molecule has 2 unspecified atom stereocenters. The van der Waals surface area contributed by atoms with Crippen LogP contribution in [0.5, 0.6) is 0 Å². The Hall–Kier alpha value is -3.91. The maximum atomic E-state index is 13.7. The number of amides is 3. The van der Waals surface area contributed by atoms with Gasteiger partial charge in [-0.3, -0.25) is 19.1 Å². The zero-order valence-electron chi connectivity index (χ0n) is 23.8. The van der Waals surface area contributed by atoms with Gasteiger partial charge in [0.05, 0.1) is 34.1 Å². The summed E-state index contributed by atoms with van der Waals surface area (Å²) in [6.07, 6.45) is -0.574. The molecule has 0 bridgehead atoms. The van der Waals surface area contributed by atoms with Crippen molar-refractivity contribution < 1.29 is 27.6 Å². The number of nitrogens with zero attached hydrogens (tertiary/aromatic N) is 6. The van der Waals surface area contributed by atoms with E-state index in [0.29, 0.717) is 43.7 Å². The molecule has 2 aliphatic heterocycles. The van der Waals surface area contributed by atoms with Crippen molar-refractivity contribution in [3.05, 3.63) is 52.7 Å². The van der Waals surface area contributed by atoms with E-state index in [9.17, 15) is 27.6 Å². The summed E-state index contributed by atoms with van der Waals surface area (Å²) in [4.78, 5) is 46.8. The largest absolute Gasteiger partial charge is 0.435 e. The van der Waals surface area contributed by atoms with Gasteiger partial charge in [0.15, 0.2) is 11.5 Å². The van der Waals surface area contributed by atoms with Crippen LogP contribution in [-0.4, -0.2) is 86.1 Å². The van der Waals surface area contributed by atoms with E-state index in [4.69, 9.17) is 11.6 Å². The fourth-order valence-corrected chi connectivity index (χ4v) is 6.70. The summed E-state index contributed by atoms with van der Waals surface area (Å²) in [6, 6.07) is 4.43. The van der Waals surface area contributed by atoms with Crippen LogP contribution in [0.15, 0.2) is 30.6 Å². The van der Waals surface area contributed by atoms with Gasteiger partial charge in [0.25, 0.3) is 11.8 Å². The molecule has 3 aromatic rings. The molecule has 7 rings (SSSR count). The fraction of sp³-hybridized carbons (Fsp3) is 0.483. The Balaban J connectivity index is 1.000. The first-order valence-corrected chi connectivity index (χ1v) is 15.0. The first kappa shape index (κ1) is 28.8. The molecule has 2 aliphatic carbocycles. The van der Waals surface area contributed by atoms with Crippen LogP contribution in [0.1, 0.15) is 45.6 Å². The van der Waals surface area contributed by atoms with E-state index in [0.717, 1.165) is 25.9 Å². The van der Waals surface area contributed by atoms with Crippen LogP contribution >= 0.6 is 11.6 Å². The summed E-state index contributed by atoms with van der Waals surface area (Å²) in [5.74, 6) is 0.138. The number of piperazine rings is 1. The number of hydrogen-bond acceptors (Lipinski definition) is 6. The molecule has 1 aromatic carbocycles. The quantitative estimate of drug-likeness (QED) is 0.432. The number of aromatic nitrogens is 4. The van der Waals surface area contributed by atoms with Crippen LogP contribution in [0.25, 0.3) is 11.3 Å². The summed E-state index contributed by atoms with van der Waals surface area (Å²) < 4.78 is 43.8. The van der Waals surface area contributed by atoms with E-state index in [-0.39, 0.29) is 51.4 Å². The Morgan fingerprint density at radius 2 is 1.73 bits per heavy atom. The van der Waals surface area contributed by atoms with Crippen molar-refractivity contribution in [1.29, 1.82) is 0 Å². The molecule has 4 aliphatic rings. The molecule has 0 spiro atoms. The zero-order chi connectivity index (χ0) is 30.9. The first-order chi connectivity index (χ1) is 21.0. The van der Waals surface area contributed by atoms with E-state index in [1.165, 1.54) is 46.9 Å². The number of carbonyl (C=O) groups is 3. The molecule has 4 heterocycles. The summed E-state index contributed by atoms with van der Waals surface area (Å²) in [6.45, 7) is 3.53. The minimum atomic E-state index is -4.67. The van der Waals surface area contributed by atoms with Crippen molar-refractivity contribution in [3.8, 4) is 11.3 Å². The number of halogens is 4. The number of imidazole rings is 1. The molecule has 15 heteroatoms. The molecule has 2 N–H and O–H groups in total. The molecule has 2 saturated heterocycles. The highest BCUT2D eigenvalue weighted by atomic mass is 35.5. The van der Waals surface area contributed by atoms with Crippen molar-refractivity contribution in [3.63, 3.8) is 0 Å². The van der Waals surface area contributed by atoms with E-state index in [1.807, 2.05) is 4.90 Å². The van der Waals surface area contributed by atoms with E-state index in [2.05, 4.69) is 20.7 Å². The monoisotopic (exact) mass is 630 g/mol. The number of nitrogens with one attached hydrogen (secondary N) is 2. The fourth-order valence-electron chi connectivity index (χ4n) is 6.43. The molecule has 2 atom stereocenters. The number of benzene rings is 1. The van der Waals surface area contributed by atoms with Crippen molar-refractivity contribution in [2.24, 2.45) is 24.8 Å². The van der Waals surface area contributed by atoms with Crippen LogP contribution < -0.4 is 10.6 Å². The second-order valence-corrected chi connectivity index (χ2v) is 12.3. The Morgan fingerprint density at radius 1 is 1.05 bits per heavy atom. The van der Waals surface area contributed by atoms with E-state index >= 15 is 0 Å². The number of anilines is 1. The van der Waals surface area contributed by atoms with Gasteiger partial charge in [0, 0.05) is 51.0 Å². The third-order valence-corrected chi connectivity index (χ3v) is 9.41. The molecular formula is C29H30ClF3N8O3. The zero-order valence-corrected chi connectivity index (χ0v) is 24.5. The van der Waals surface area contributed by atoms with E-state index < -0.39 is 17.8 Å². The Kier molecular flexibility index (Phi) is 6.96. The first-order valence-electron chi connectivity index (χ1n) is 14.6. The van der Waals surface area contributed by atoms with Crippen molar-refractivity contribution >= 4 is 35.0 Å². The topological polar surface area (TPSA) is 117 Å². The van der Waals surface area contributed by atoms with Gasteiger partial charge in [-0.25, -0.2) is 4.98 Å². The smallest absolute Gasteiger partial charge is 0.339 e. The molecule has 2 aromatic heterocycles. The van der Waals surface area contributed by atoms with Gasteiger partial charge in [-0.2, -0.15) is 18.3 Å². The van der Waals surface area contributed by atoms with Gasteiger partial charge in [-0.05, 0) is 56.0 Å². The number of piperidine rings is 1. The number of carbonyl (C=O) groups excluding carboxylic acids is 3. The van der Waals surface area contributed by atoms with Gasteiger partial charge < -0.3 is 25.0 Å². The van der Waals surface area contributed by atoms with Crippen LogP contribution in [0.2, 0.25) is 5.02 Å². The van der Waals surface area contributed by atoms with Crippen LogP contribution in [0, 0.1) is 17.8 Å². The van der Waals surface area contributed by atoms with Gasteiger partial charge in [0.1, 0.15) is 0 Å². The maximum absolute atomic E-state index is 13.7. The van der Waals surface area contributed by atoms with Crippen molar-refractivity contribution in [2.75, 3.05) is 44.6 Å². The lowest BCUT2D eigenvalue weighted by atomic mass is 10.1. The normalized spacial score (nSPS) is 23.1. The summed E-state index contributed by atoms with van der Waals surface area (Å²) >= 11 is 6.46. The number of hydrogen-bond donors (Lipinski definition) is 2. The van der Waals surface area contributed by atoms with Crippen molar-refractivity contribution in [2.45, 2.75) is 25.1 Å². The molecule has 2 saturated carbocycles. The number of alkyl halides is 3. The third-order valence-electron chi connectivity index (χ3n) is 9.10. The maximum Gasteiger partial charge on any atom is 0.435 e. The lowest BCUT2D eigenvalue weighted by Crippen LogP contribution is -2.51. The second-order valence-electron chi connectivity index (χ2n) is 11.9. The van der Waals surface area contributed by atoms with Crippen LogP contribution in [0.4, 0.5) is 18.9 Å². The van der Waals surface area contributed by atoms with Gasteiger partial charge in [0.2, 0.25) is 5.91 Å². The van der Waals surface area contributed by atoms with Crippen LogP contribution in [-0.2, 0) is 18.0 Å². The van der Waals surface area contributed by atoms with Gasteiger partial charge in [-0.15, -0.1) is 0 Å². The van der Waals surface area contributed by atoms with E-state index in [1.54, 1.807) is 4.90 Å². The average Bonchev–Trinajstić information content (AvgIpc) is 3.78. The average molecular weight is 631 g/mol. The summed E-state index contributed by atoms with van der Waals surface area (Å²) in [5.41, 5.74) is -0.520. The third kappa shape index (κ3) is 5.13. The highest BCUT2D eigenvalue weighted by molar-refractivity contribution is 6.34. The molecule has 11 nitrogen and oxygen atoms in total. The predicted octanol–water partition coefficient (Wildman–Crippen LogP) is 3.29. The molecule has 44 heavy (non-hydrogen) atoms. The summed E-state index contributed by atoms with van der Waals surface area (Å²) in [7, 11) is 1.46. The Morgan fingerprint density at radius 3 is 2.36 bits per heavy atom. The molecule has 4 fully saturated rings. The molecule has 232 valence electrons. The van der Waals surface area contributed by atoms with Gasteiger partial charge in [-0.1, -0.05) is 11.6 Å². The molecule has 3 amide bonds. The highest BCUT2D eigenvalue weighted by Gasteiger charge is 2.58. The SMILES string of the molecule is Cn1c(-c2cn(C3CC3)nc2C(F)(F)F)cnc1C(=O)Nc1ccc(C(=O)N2CCN(C(=O)C3C4CNCC43)CC2)c(Cl)c1. The Labute approximate surface area is 255 Å². The Bertz CT molecular complexity index is 1650.